The van der Waals surface area contributed by atoms with Gasteiger partial charge >= 0.3 is 0 Å². The normalized spacial score (nSPS) is 12.3. The molecule has 0 fully saturated rings. The minimum atomic E-state index is 0.101. The number of nitrogens with zero attached hydrogens (tertiary/aromatic N) is 3. The molecule has 2 heterocycles. The standard InChI is InChI=1S/C11H15N3/c1-11(2,3)10-6-5-9-8(13-10)7-12-14(9)4/h5-7H,1-4H3. The van der Waals surface area contributed by atoms with E-state index in [-0.39, 0.29) is 5.41 Å². The van der Waals surface area contributed by atoms with Crippen LogP contribution in [0.3, 0.4) is 0 Å². The fourth-order valence-corrected chi connectivity index (χ4v) is 1.46. The van der Waals surface area contributed by atoms with Crippen LogP contribution in [0, 0.1) is 0 Å². The Balaban J connectivity index is 2.63. The maximum atomic E-state index is 4.58. The van der Waals surface area contributed by atoms with Crippen molar-refractivity contribution in [3.05, 3.63) is 24.0 Å². The van der Waals surface area contributed by atoms with Gasteiger partial charge in [0.1, 0.15) is 5.52 Å². The molecule has 0 aliphatic carbocycles. The quantitative estimate of drug-likeness (QED) is 0.636. The minimum Gasteiger partial charge on any atom is -0.266 e. The van der Waals surface area contributed by atoms with Gasteiger partial charge in [0.15, 0.2) is 0 Å². The van der Waals surface area contributed by atoms with E-state index in [4.69, 9.17) is 0 Å². The lowest BCUT2D eigenvalue weighted by atomic mass is 9.91. The van der Waals surface area contributed by atoms with Crippen LogP contribution in [0.15, 0.2) is 18.3 Å². The third kappa shape index (κ3) is 1.39. The van der Waals surface area contributed by atoms with Crippen molar-refractivity contribution < 1.29 is 0 Å². The number of aryl methyl sites for hydroxylation is 1. The van der Waals surface area contributed by atoms with Gasteiger partial charge in [-0.05, 0) is 12.1 Å². The highest BCUT2D eigenvalue weighted by molar-refractivity contribution is 5.74. The first-order valence-corrected chi connectivity index (χ1v) is 4.78. The molecule has 3 nitrogen and oxygen atoms in total. The highest BCUT2D eigenvalue weighted by Crippen LogP contribution is 2.22. The summed E-state index contributed by atoms with van der Waals surface area (Å²) < 4.78 is 1.84. The van der Waals surface area contributed by atoms with Crippen molar-refractivity contribution >= 4 is 11.0 Å². The zero-order chi connectivity index (χ0) is 10.3. The van der Waals surface area contributed by atoms with E-state index < -0.39 is 0 Å². The van der Waals surface area contributed by atoms with Crippen LogP contribution in [0.2, 0.25) is 0 Å². The molecule has 14 heavy (non-hydrogen) atoms. The zero-order valence-electron chi connectivity index (χ0n) is 9.07. The predicted octanol–water partition coefficient (Wildman–Crippen LogP) is 2.27. The molecule has 0 saturated carbocycles. The molecule has 0 aromatic carbocycles. The summed E-state index contributed by atoms with van der Waals surface area (Å²) in [4.78, 5) is 4.58. The van der Waals surface area contributed by atoms with Gasteiger partial charge < -0.3 is 0 Å². The molecular formula is C11H15N3. The fraction of sp³-hybridized carbons (Fsp3) is 0.455. The second-order valence-corrected chi connectivity index (χ2v) is 4.62. The average molecular weight is 189 g/mol. The maximum absolute atomic E-state index is 4.58. The van der Waals surface area contributed by atoms with Crippen LogP contribution in [0.25, 0.3) is 11.0 Å². The molecule has 2 aromatic rings. The fourth-order valence-electron chi connectivity index (χ4n) is 1.46. The summed E-state index contributed by atoms with van der Waals surface area (Å²) in [7, 11) is 1.93. The van der Waals surface area contributed by atoms with E-state index >= 15 is 0 Å². The summed E-state index contributed by atoms with van der Waals surface area (Å²) >= 11 is 0. The molecule has 74 valence electrons. The molecule has 0 aliphatic heterocycles. The second kappa shape index (κ2) is 2.80. The lowest BCUT2D eigenvalue weighted by Gasteiger charge is -2.17. The summed E-state index contributed by atoms with van der Waals surface area (Å²) in [5.74, 6) is 0. The first-order valence-electron chi connectivity index (χ1n) is 4.78. The lowest BCUT2D eigenvalue weighted by molar-refractivity contribution is 0.571. The zero-order valence-corrected chi connectivity index (χ0v) is 9.07. The number of fused-ring (bicyclic) bond motifs is 1. The van der Waals surface area contributed by atoms with Crippen LogP contribution >= 0.6 is 0 Å². The topological polar surface area (TPSA) is 30.7 Å². The van der Waals surface area contributed by atoms with Crippen LogP contribution in [0.1, 0.15) is 26.5 Å². The summed E-state index contributed by atoms with van der Waals surface area (Å²) in [5.41, 5.74) is 3.26. The van der Waals surface area contributed by atoms with Crippen molar-refractivity contribution in [2.24, 2.45) is 7.05 Å². The first-order chi connectivity index (χ1) is 6.48. The number of hydrogen-bond acceptors (Lipinski definition) is 2. The van der Waals surface area contributed by atoms with E-state index in [1.807, 2.05) is 17.9 Å². The number of pyridine rings is 1. The van der Waals surface area contributed by atoms with Gasteiger partial charge in [-0.2, -0.15) is 5.10 Å². The van der Waals surface area contributed by atoms with Gasteiger partial charge in [0.2, 0.25) is 0 Å². The van der Waals surface area contributed by atoms with Crippen molar-refractivity contribution in [3.63, 3.8) is 0 Å². The van der Waals surface area contributed by atoms with E-state index in [0.29, 0.717) is 0 Å². The van der Waals surface area contributed by atoms with Crippen LogP contribution in [0.5, 0.6) is 0 Å². The molecule has 0 N–H and O–H groups in total. The highest BCUT2D eigenvalue weighted by Gasteiger charge is 2.16. The Kier molecular flexibility index (Phi) is 1.84. The molecule has 3 heteroatoms. The van der Waals surface area contributed by atoms with Crippen LogP contribution in [0.4, 0.5) is 0 Å². The molecule has 0 spiro atoms. The Morgan fingerprint density at radius 1 is 1.21 bits per heavy atom. The molecule has 0 bridgehead atoms. The van der Waals surface area contributed by atoms with Gasteiger partial charge in [-0.3, -0.25) is 4.68 Å². The van der Waals surface area contributed by atoms with E-state index in [2.05, 4.69) is 43.0 Å². The number of rotatable bonds is 0. The summed E-state index contributed by atoms with van der Waals surface area (Å²) in [6.45, 7) is 6.49. The van der Waals surface area contributed by atoms with Crippen molar-refractivity contribution in [1.29, 1.82) is 0 Å². The predicted molar refractivity (Wildman–Crippen MR) is 57.2 cm³/mol. The smallest absolute Gasteiger partial charge is 0.109 e. The van der Waals surface area contributed by atoms with Gasteiger partial charge in [-0.1, -0.05) is 20.8 Å². The SMILES string of the molecule is Cn1ncc2nc(C(C)(C)C)ccc21. The van der Waals surface area contributed by atoms with Gasteiger partial charge in [-0.15, -0.1) is 0 Å². The van der Waals surface area contributed by atoms with E-state index in [0.717, 1.165) is 16.7 Å². The Labute approximate surface area is 83.8 Å². The Hall–Kier alpha value is -1.38. The van der Waals surface area contributed by atoms with Gasteiger partial charge in [0.25, 0.3) is 0 Å². The monoisotopic (exact) mass is 189 g/mol. The van der Waals surface area contributed by atoms with Crippen molar-refractivity contribution in [2.45, 2.75) is 26.2 Å². The first kappa shape index (κ1) is 9.19. The van der Waals surface area contributed by atoms with Crippen LogP contribution in [-0.2, 0) is 12.5 Å². The molecule has 0 aliphatic rings. The third-order valence-electron chi connectivity index (χ3n) is 2.37. The summed E-state index contributed by atoms with van der Waals surface area (Å²) in [6.07, 6.45) is 1.81. The van der Waals surface area contributed by atoms with E-state index in [9.17, 15) is 0 Å². The Morgan fingerprint density at radius 2 is 1.93 bits per heavy atom. The highest BCUT2D eigenvalue weighted by atomic mass is 15.3. The van der Waals surface area contributed by atoms with Crippen molar-refractivity contribution in [3.8, 4) is 0 Å². The summed E-state index contributed by atoms with van der Waals surface area (Å²) in [5, 5.41) is 4.17. The molecule has 0 unspecified atom stereocenters. The lowest BCUT2D eigenvalue weighted by Crippen LogP contribution is -2.13. The van der Waals surface area contributed by atoms with Crippen LogP contribution < -0.4 is 0 Å². The average Bonchev–Trinajstić information content (AvgIpc) is 2.46. The molecule has 0 radical (unpaired) electrons. The molecule has 2 aromatic heterocycles. The van der Waals surface area contributed by atoms with Crippen molar-refractivity contribution in [2.75, 3.05) is 0 Å². The molecule has 0 saturated heterocycles. The third-order valence-corrected chi connectivity index (χ3v) is 2.37. The summed E-state index contributed by atoms with van der Waals surface area (Å²) in [6, 6.07) is 4.15. The van der Waals surface area contributed by atoms with Gasteiger partial charge in [-0.25, -0.2) is 4.98 Å². The van der Waals surface area contributed by atoms with Crippen LogP contribution in [-0.4, -0.2) is 14.8 Å². The minimum absolute atomic E-state index is 0.101. The largest absolute Gasteiger partial charge is 0.266 e. The van der Waals surface area contributed by atoms with Gasteiger partial charge in [0.05, 0.1) is 11.7 Å². The molecule has 2 rings (SSSR count). The second-order valence-electron chi connectivity index (χ2n) is 4.62. The number of hydrogen-bond donors (Lipinski definition) is 0. The van der Waals surface area contributed by atoms with E-state index in [1.54, 1.807) is 0 Å². The number of aromatic nitrogens is 3. The Bertz CT molecular complexity index is 463. The van der Waals surface area contributed by atoms with Crippen molar-refractivity contribution in [1.82, 2.24) is 14.8 Å². The molecular weight excluding hydrogens is 174 g/mol. The van der Waals surface area contributed by atoms with E-state index in [1.165, 1.54) is 0 Å². The van der Waals surface area contributed by atoms with Gasteiger partial charge in [0, 0.05) is 18.2 Å². The maximum Gasteiger partial charge on any atom is 0.109 e. The molecule has 0 atom stereocenters. The Morgan fingerprint density at radius 3 is 2.57 bits per heavy atom. The molecule has 0 amide bonds.